The fourth-order valence-electron chi connectivity index (χ4n) is 5.00. The molecule has 35 heavy (non-hydrogen) atoms. The highest BCUT2D eigenvalue weighted by atomic mass is 16.6. The summed E-state index contributed by atoms with van der Waals surface area (Å²) < 4.78 is 5.94. The van der Waals surface area contributed by atoms with Crippen molar-refractivity contribution in [2.24, 2.45) is 0 Å². The van der Waals surface area contributed by atoms with Gasteiger partial charge in [0.25, 0.3) is 5.69 Å². The zero-order valence-corrected chi connectivity index (χ0v) is 19.0. The Labute approximate surface area is 200 Å². The van der Waals surface area contributed by atoms with Crippen LogP contribution in [0.2, 0.25) is 0 Å². The number of anilines is 2. The molecule has 0 radical (unpaired) electrons. The van der Waals surface area contributed by atoms with Crippen molar-refractivity contribution in [3.05, 3.63) is 99.1 Å². The van der Waals surface area contributed by atoms with E-state index in [0.717, 1.165) is 39.6 Å². The molecule has 4 aromatic rings. The number of nitro benzene ring substituents is 1. The van der Waals surface area contributed by atoms with Crippen LogP contribution in [0.1, 0.15) is 39.9 Å². The van der Waals surface area contributed by atoms with Gasteiger partial charge < -0.3 is 15.0 Å². The van der Waals surface area contributed by atoms with Crippen LogP contribution in [0.3, 0.4) is 0 Å². The lowest BCUT2D eigenvalue weighted by Gasteiger charge is -2.28. The molecule has 2 aliphatic heterocycles. The molecule has 10 nitrogen and oxygen atoms in total. The van der Waals surface area contributed by atoms with Crippen LogP contribution in [0.25, 0.3) is 0 Å². The van der Waals surface area contributed by atoms with E-state index in [1.165, 1.54) is 0 Å². The number of hydrogen-bond donors (Lipinski definition) is 1. The topological polar surface area (TPSA) is 119 Å². The fourth-order valence-corrected chi connectivity index (χ4v) is 5.00. The molecule has 2 aliphatic rings. The molecular formula is C25H21N7O3. The van der Waals surface area contributed by atoms with Gasteiger partial charge in [-0.1, -0.05) is 18.2 Å². The van der Waals surface area contributed by atoms with E-state index in [2.05, 4.69) is 36.2 Å². The first-order chi connectivity index (χ1) is 17.0. The Morgan fingerprint density at radius 3 is 2.71 bits per heavy atom. The van der Waals surface area contributed by atoms with E-state index in [9.17, 15) is 10.1 Å². The van der Waals surface area contributed by atoms with Crippen molar-refractivity contribution in [2.75, 3.05) is 17.3 Å². The van der Waals surface area contributed by atoms with Crippen molar-refractivity contribution in [1.29, 1.82) is 0 Å². The van der Waals surface area contributed by atoms with E-state index >= 15 is 0 Å². The summed E-state index contributed by atoms with van der Waals surface area (Å²) in [5.74, 6) is 2.21. The minimum absolute atomic E-state index is 0.0653. The van der Waals surface area contributed by atoms with E-state index in [4.69, 9.17) is 4.74 Å². The highest BCUT2D eigenvalue weighted by Crippen LogP contribution is 2.54. The predicted octanol–water partition coefficient (Wildman–Crippen LogP) is 4.52. The molecule has 10 heteroatoms. The van der Waals surface area contributed by atoms with Gasteiger partial charge in [-0.2, -0.15) is 0 Å². The predicted molar refractivity (Wildman–Crippen MR) is 129 cm³/mol. The van der Waals surface area contributed by atoms with Crippen molar-refractivity contribution in [3.63, 3.8) is 0 Å². The number of rotatable bonds is 4. The van der Waals surface area contributed by atoms with Gasteiger partial charge >= 0.3 is 6.01 Å². The quantitative estimate of drug-likeness (QED) is 0.341. The smallest absolute Gasteiger partial charge is 0.322 e. The zero-order chi connectivity index (χ0) is 24.1. The van der Waals surface area contributed by atoms with Crippen molar-refractivity contribution >= 4 is 17.3 Å². The normalized spacial score (nSPS) is 17.7. The number of aromatic nitrogens is 4. The molecule has 0 fully saturated rings. The van der Waals surface area contributed by atoms with Crippen LogP contribution in [-0.2, 0) is 6.54 Å². The standard InChI is InChI=1S/C25H21N7O3/c1-14-9-10-26-25(30-14)35-18-7-8-19-16(11-18)12-27-23-21-20(19)22(31(2)24(21)29-13-28-23)15-3-5-17(6-4-15)32(33)34/h3-11,13,20,22H,12H2,1-2H3,(H,27,28,29). The number of nitrogens with one attached hydrogen (secondary N) is 1. The van der Waals surface area contributed by atoms with Gasteiger partial charge in [-0.05, 0) is 41.8 Å². The van der Waals surface area contributed by atoms with Gasteiger partial charge in [0.1, 0.15) is 23.7 Å². The second-order valence-corrected chi connectivity index (χ2v) is 8.64. The zero-order valence-electron chi connectivity index (χ0n) is 19.0. The summed E-state index contributed by atoms with van der Waals surface area (Å²) in [5.41, 5.74) is 5.06. The molecule has 174 valence electrons. The van der Waals surface area contributed by atoms with Crippen LogP contribution in [0.4, 0.5) is 17.3 Å². The maximum atomic E-state index is 11.2. The molecule has 6 rings (SSSR count). The average Bonchev–Trinajstić information content (AvgIpc) is 3.05. The van der Waals surface area contributed by atoms with E-state index in [0.29, 0.717) is 18.3 Å². The molecule has 4 heterocycles. The van der Waals surface area contributed by atoms with Gasteiger partial charge in [0.05, 0.1) is 11.0 Å². The van der Waals surface area contributed by atoms with E-state index in [1.807, 2.05) is 44.3 Å². The Morgan fingerprint density at radius 2 is 1.94 bits per heavy atom. The SMILES string of the molecule is Cc1ccnc(Oc2ccc3c(c2)CNc2ncnc4c2C3C(c2ccc([N+](=O)[O-])cc2)N4C)n1. The first-order valence-electron chi connectivity index (χ1n) is 11.2. The molecule has 0 bridgehead atoms. The molecule has 2 aromatic heterocycles. The third-order valence-corrected chi connectivity index (χ3v) is 6.56. The van der Waals surface area contributed by atoms with Crippen molar-refractivity contribution in [2.45, 2.75) is 25.4 Å². The lowest BCUT2D eigenvalue weighted by Crippen LogP contribution is -2.23. The number of nitro groups is 1. The third-order valence-electron chi connectivity index (χ3n) is 6.56. The van der Waals surface area contributed by atoms with Gasteiger partial charge in [-0.25, -0.2) is 19.9 Å². The molecule has 0 aliphatic carbocycles. The van der Waals surface area contributed by atoms with E-state index in [1.54, 1.807) is 24.7 Å². The maximum absolute atomic E-state index is 11.2. The fraction of sp³-hybridized carbons (Fsp3) is 0.200. The molecule has 0 spiro atoms. The molecular weight excluding hydrogens is 446 g/mol. The highest BCUT2D eigenvalue weighted by molar-refractivity contribution is 5.71. The molecule has 0 amide bonds. The number of aryl methyl sites for hydroxylation is 1. The Hall–Kier alpha value is -4.60. The highest BCUT2D eigenvalue weighted by Gasteiger charge is 2.44. The molecule has 0 saturated heterocycles. The Bertz CT molecular complexity index is 1460. The number of likely N-dealkylation sites (N-methyl/N-ethyl adjacent to an activating group) is 1. The van der Waals surface area contributed by atoms with Crippen LogP contribution in [-0.4, -0.2) is 31.9 Å². The van der Waals surface area contributed by atoms with Crippen LogP contribution in [0.15, 0.2) is 61.1 Å². The number of nitrogens with zero attached hydrogens (tertiary/aromatic N) is 6. The first kappa shape index (κ1) is 21.0. The minimum Gasteiger partial charge on any atom is -0.424 e. The Kier molecular flexibility index (Phi) is 4.80. The first-order valence-corrected chi connectivity index (χ1v) is 11.2. The molecule has 0 saturated carbocycles. The van der Waals surface area contributed by atoms with Crippen LogP contribution >= 0.6 is 0 Å². The summed E-state index contributed by atoms with van der Waals surface area (Å²) in [6, 6.07) is 14.7. The summed E-state index contributed by atoms with van der Waals surface area (Å²) in [7, 11) is 2.00. The Balaban J connectivity index is 1.44. The lowest BCUT2D eigenvalue weighted by atomic mass is 9.83. The van der Waals surface area contributed by atoms with Crippen molar-refractivity contribution in [3.8, 4) is 11.8 Å². The minimum atomic E-state index is -0.384. The number of hydrogen-bond acceptors (Lipinski definition) is 9. The van der Waals surface area contributed by atoms with Crippen LogP contribution < -0.4 is 15.0 Å². The number of benzene rings is 2. The van der Waals surface area contributed by atoms with Crippen molar-refractivity contribution in [1.82, 2.24) is 19.9 Å². The summed E-state index contributed by atoms with van der Waals surface area (Å²) >= 11 is 0. The lowest BCUT2D eigenvalue weighted by molar-refractivity contribution is -0.384. The number of ether oxygens (including phenoxy) is 1. The molecule has 2 atom stereocenters. The largest absolute Gasteiger partial charge is 0.424 e. The van der Waals surface area contributed by atoms with Gasteiger partial charge in [-0.15, -0.1) is 0 Å². The van der Waals surface area contributed by atoms with Gasteiger partial charge in [0.15, 0.2) is 0 Å². The molecule has 1 N–H and O–H groups in total. The summed E-state index contributed by atoms with van der Waals surface area (Å²) in [5, 5.41) is 14.6. The summed E-state index contributed by atoms with van der Waals surface area (Å²) in [4.78, 5) is 30.6. The van der Waals surface area contributed by atoms with Gasteiger partial charge in [0.2, 0.25) is 0 Å². The average molecular weight is 467 g/mol. The maximum Gasteiger partial charge on any atom is 0.322 e. The second-order valence-electron chi connectivity index (χ2n) is 8.64. The van der Waals surface area contributed by atoms with Crippen LogP contribution in [0, 0.1) is 17.0 Å². The second kappa shape index (κ2) is 8.01. The van der Waals surface area contributed by atoms with Gasteiger partial charge in [-0.3, -0.25) is 10.1 Å². The van der Waals surface area contributed by atoms with E-state index in [-0.39, 0.29) is 22.6 Å². The third kappa shape index (κ3) is 3.50. The Morgan fingerprint density at radius 1 is 1.11 bits per heavy atom. The van der Waals surface area contributed by atoms with E-state index < -0.39 is 0 Å². The number of non-ortho nitro benzene ring substituents is 1. The van der Waals surface area contributed by atoms with Crippen LogP contribution in [0.5, 0.6) is 11.8 Å². The summed E-state index contributed by atoms with van der Waals surface area (Å²) in [6.07, 6.45) is 3.23. The molecule has 2 unspecified atom stereocenters. The number of fused-ring (bicyclic) bond motifs is 2. The van der Waals surface area contributed by atoms with Crippen molar-refractivity contribution < 1.29 is 9.66 Å². The van der Waals surface area contributed by atoms with Gasteiger partial charge in [0, 0.05) is 49.1 Å². The summed E-state index contributed by atoms with van der Waals surface area (Å²) in [6.45, 7) is 2.46. The molecule has 2 aromatic carbocycles. The monoisotopic (exact) mass is 467 g/mol.